The molecule has 0 unspecified atom stereocenters. The highest BCUT2D eigenvalue weighted by Gasteiger charge is 2.45. The lowest BCUT2D eigenvalue weighted by atomic mass is 9.68. The summed E-state index contributed by atoms with van der Waals surface area (Å²) in [4.78, 5) is 2.30. The van der Waals surface area contributed by atoms with Crippen molar-refractivity contribution in [3.05, 3.63) is 24.3 Å². The quantitative estimate of drug-likeness (QED) is 0.449. The van der Waals surface area contributed by atoms with Gasteiger partial charge in [0.15, 0.2) is 0 Å². The summed E-state index contributed by atoms with van der Waals surface area (Å²) in [6.07, 6.45) is 10.4. The molecule has 168 valence electrons. The van der Waals surface area contributed by atoms with Crippen molar-refractivity contribution in [2.75, 3.05) is 18.0 Å². The second-order valence-electron chi connectivity index (χ2n) is 10.0. The average molecular weight is 420 g/mol. The maximum Gasteiger partial charge on any atom is 0.400 e. The van der Waals surface area contributed by atoms with Crippen molar-refractivity contribution < 1.29 is 13.5 Å². The lowest BCUT2D eigenvalue weighted by molar-refractivity contribution is -0.224. The Morgan fingerprint density at radius 3 is 2.00 bits per heavy atom. The Bertz CT molecular complexity index is 640. The first-order chi connectivity index (χ1) is 14.5. The highest BCUT2D eigenvalue weighted by atomic mass is 19.3. The van der Waals surface area contributed by atoms with Crippen molar-refractivity contribution in [2.45, 2.75) is 90.1 Å². The number of rotatable bonds is 7. The van der Waals surface area contributed by atoms with Crippen molar-refractivity contribution in [1.29, 1.82) is 0 Å². The van der Waals surface area contributed by atoms with Gasteiger partial charge in [0.2, 0.25) is 0 Å². The molecule has 1 aromatic rings. The van der Waals surface area contributed by atoms with Gasteiger partial charge in [-0.2, -0.15) is 8.78 Å². The Kier molecular flexibility index (Phi) is 7.20. The molecular formula is C26H39F2NO. The number of halogens is 2. The number of benzene rings is 1. The number of hydrogen-bond donors (Lipinski definition) is 0. The number of alkyl halides is 2. The molecule has 0 N–H and O–H groups in total. The van der Waals surface area contributed by atoms with E-state index in [-0.39, 0.29) is 0 Å². The van der Waals surface area contributed by atoms with Crippen LogP contribution in [-0.2, 0) is 0 Å². The summed E-state index contributed by atoms with van der Waals surface area (Å²) in [6, 6.07) is 7.26. The molecule has 0 atom stereocenters. The molecule has 0 amide bonds. The Hall–Kier alpha value is -1.32. The van der Waals surface area contributed by atoms with Crippen molar-refractivity contribution in [3.8, 4) is 5.75 Å². The molecule has 1 aromatic carbocycles. The summed E-state index contributed by atoms with van der Waals surface area (Å²) in [5.41, 5.74) is 1.11. The molecule has 0 radical (unpaired) electrons. The van der Waals surface area contributed by atoms with Gasteiger partial charge in [0.25, 0.3) is 0 Å². The molecule has 2 aliphatic carbocycles. The van der Waals surface area contributed by atoms with Crippen LogP contribution in [0.2, 0.25) is 0 Å². The van der Waals surface area contributed by atoms with Gasteiger partial charge in [-0.3, -0.25) is 0 Å². The molecule has 4 rings (SSSR count). The van der Waals surface area contributed by atoms with E-state index in [0.29, 0.717) is 24.5 Å². The van der Waals surface area contributed by atoms with Gasteiger partial charge in [0.1, 0.15) is 5.75 Å². The zero-order chi connectivity index (χ0) is 21.0. The van der Waals surface area contributed by atoms with E-state index >= 15 is 0 Å². The lowest BCUT2D eigenvalue weighted by Crippen LogP contribution is -2.38. The highest BCUT2D eigenvalue weighted by Crippen LogP contribution is 2.46. The topological polar surface area (TPSA) is 12.5 Å². The van der Waals surface area contributed by atoms with E-state index in [4.69, 9.17) is 4.74 Å². The summed E-state index contributed by atoms with van der Waals surface area (Å²) in [6.45, 7) is 4.39. The van der Waals surface area contributed by atoms with Gasteiger partial charge >= 0.3 is 6.11 Å². The number of hydrogen-bond acceptors (Lipinski definition) is 2. The van der Waals surface area contributed by atoms with E-state index in [2.05, 4.69) is 11.8 Å². The molecule has 3 aliphatic rings. The van der Waals surface area contributed by atoms with Gasteiger partial charge in [-0.25, -0.2) is 0 Å². The third kappa shape index (κ3) is 5.29. The van der Waals surface area contributed by atoms with Crippen LogP contribution in [-0.4, -0.2) is 19.2 Å². The van der Waals surface area contributed by atoms with Crippen LogP contribution >= 0.6 is 0 Å². The van der Waals surface area contributed by atoms with Crippen molar-refractivity contribution in [3.63, 3.8) is 0 Å². The fourth-order valence-corrected chi connectivity index (χ4v) is 6.22. The van der Waals surface area contributed by atoms with Gasteiger partial charge in [0.05, 0.1) is 5.92 Å². The normalized spacial score (nSPS) is 30.4. The second kappa shape index (κ2) is 9.87. The molecule has 4 heteroatoms. The average Bonchev–Trinajstić information content (AvgIpc) is 3.30. The first-order valence-corrected chi connectivity index (χ1v) is 12.5. The third-order valence-corrected chi connectivity index (χ3v) is 8.06. The largest absolute Gasteiger partial charge is 0.432 e. The summed E-state index contributed by atoms with van der Waals surface area (Å²) in [7, 11) is 0. The van der Waals surface area contributed by atoms with Gasteiger partial charge in [0, 0.05) is 18.8 Å². The SMILES string of the molecule is CCCC1CCC(C2CCC(C(F)(F)Oc3ccc(N4CCCC4)cc3)CC2)CC1. The standard InChI is InChI=1S/C26H39F2NO/c1-2-5-20-6-8-21(9-7-20)22-10-12-23(13-11-22)26(27,28)30-25-16-14-24(15-17-25)29-18-3-4-19-29/h14-17,20-23H,2-13,18-19H2,1H3. The Labute approximate surface area is 181 Å². The predicted molar refractivity (Wildman–Crippen MR) is 119 cm³/mol. The molecule has 1 aliphatic heterocycles. The fraction of sp³-hybridized carbons (Fsp3) is 0.769. The van der Waals surface area contributed by atoms with E-state index in [1.54, 1.807) is 12.1 Å². The van der Waals surface area contributed by atoms with Crippen LogP contribution in [0, 0.1) is 23.7 Å². The van der Waals surface area contributed by atoms with Gasteiger partial charge < -0.3 is 9.64 Å². The molecule has 1 heterocycles. The molecule has 2 saturated carbocycles. The van der Waals surface area contributed by atoms with E-state index in [0.717, 1.165) is 43.5 Å². The van der Waals surface area contributed by atoms with Gasteiger partial charge in [-0.15, -0.1) is 0 Å². The molecule has 0 aromatic heterocycles. The fourth-order valence-electron chi connectivity index (χ4n) is 6.22. The highest BCUT2D eigenvalue weighted by molar-refractivity contribution is 5.49. The van der Waals surface area contributed by atoms with Crippen molar-refractivity contribution in [1.82, 2.24) is 0 Å². The molecule has 0 bridgehead atoms. The van der Waals surface area contributed by atoms with Crippen LogP contribution in [0.5, 0.6) is 5.75 Å². The second-order valence-corrected chi connectivity index (χ2v) is 10.0. The Morgan fingerprint density at radius 1 is 0.867 bits per heavy atom. The van der Waals surface area contributed by atoms with E-state index in [1.165, 1.54) is 51.4 Å². The zero-order valence-corrected chi connectivity index (χ0v) is 18.6. The van der Waals surface area contributed by atoms with Crippen LogP contribution in [0.3, 0.4) is 0 Å². The lowest BCUT2D eigenvalue weighted by Gasteiger charge is -2.39. The van der Waals surface area contributed by atoms with Crippen LogP contribution in [0.15, 0.2) is 24.3 Å². The van der Waals surface area contributed by atoms with Gasteiger partial charge in [-0.05, 0) is 93.4 Å². The van der Waals surface area contributed by atoms with Crippen molar-refractivity contribution in [2.24, 2.45) is 23.7 Å². The predicted octanol–water partition coefficient (Wildman–Crippen LogP) is 7.67. The Balaban J connectivity index is 1.25. The number of nitrogens with zero attached hydrogens (tertiary/aromatic N) is 1. The molecule has 2 nitrogen and oxygen atoms in total. The molecule has 3 fully saturated rings. The van der Waals surface area contributed by atoms with E-state index < -0.39 is 12.0 Å². The minimum atomic E-state index is -3.07. The first-order valence-electron chi connectivity index (χ1n) is 12.5. The van der Waals surface area contributed by atoms with Crippen LogP contribution < -0.4 is 9.64 Å². The summed E-state index contributed by atoms with van der Waals surface area (Å²) in [5, 5.41) is 0. The number of ether oxygens (including phenoxy) is 1. The summed E-state index contributed by atoms with van der Waals surface area (Å²) < 4.78 is 35.0. The third-order valence-electron chi connectivity index (χ3n) is 8.06. The first kappa shape index (κ1) is 21.9. The van der Waals surface area contributed by atoms with Gasteiger partial charge in [-0.1, -0.05) is 32.6 Å². The number of anilines is 1. The minimum Gasteiger partial charge on any atom is -0.432 e. The van der Waals surface area contributed by atoms with E-state index in [9.17, 15) is 8.78 Å². The monoisotopic (exact) mass is 419 g/mol. The summed E-state index contributed by atoms with van der Waals surface area (Å²) in [5.74, 6) is 1.98. The van der Waals surface area contributed by atoms with E-state index in [1.807, 2.05) is 12.1 Å². The van der Waals surface area contributed by atoms with Crippen molar-refractivity contribution >= 4 is 5.69 Å². The van der Waals surface area contributed by atoms with Crippen LogP contribution in [0.1, 0.15) is 84.0 Å². The summed E-state index contributed by atoms with van der Waals surface area (Å²) >= 11 is 0. The smallest absolute Gasteiger partial charge is 0.400 e. The maximum atomic E-state index is 14.9. The molecular weight excluding hydrogens is 380 g/mol. The minimum absolute atomic E-state index is 0.291. The Morgan fingerprint density at radius 2 is 1.43 bits per heavy atom. The van der Waals surface area contributed by atoms with Crippen LogP contribution in [0.4, 0.5) is 14.5 Å². The molecule has 30 heavy (non-hydrogen) atoms. The molecule has 0 spiro atoms. The maximum absolute atomic E-state index is 14.9. The molecule has 1 saturated heterocycles. The van der Waals surface area contributed by atoms with Crippen LogP contribution in [0.25, 0.3) is 0 Å². The zero-order valence-electron chi connectivity index (χ0n) is 18.6.